The van der Waals surface area contributed by atoms with E-state index in [9.17, 15) is 35.5 Å². The highest BCUT2D eigenvalue weighted by atomic mass is 19.4. The summed E-state index contributed by atoms with van der Waals surface area (Å²) in [4.78, 5) is 18.7. The Hall–Kier alpha value is -3.48. The smallest absolute Gasteiger partial charge is 0.334 e. The molecular weight excluding hydrogens is 509 g/mol. The molecule has 6 nitrogen and oxygen atoms in total. The van der Waals surface area contributed by atoms with Crippen LogP contribution in [0.15, 0.2) is 47.0 Å². The predicted molar refractivity (Wildman–Crippen MR) is 117 cm³/mol. The maximum Gasteiger partial charge on any atom is 0.419 e. The van der Waals surface area contributed by atoms with Crippen molar-refractivity contribution in [3.05, 3.63) is 65.2 Å². The number of likely N-dealkylation sites (tertiary alicyclic amines) is 1. The van der Waals surface area contributed by atoms with Crippen molar-refractivity contribution in [2.45, 2.75) is 44.7 Å². The summed E-state index contributed by atoms with van der Waals surface area (Å²) in [7, 11) is 0. The first-order valence-electron chi connectivity index (χ1n) is 11.2. The van der Waals surface area contributed by atoms with E-state index in [1.807, 2.05) is 11.8 Å². The van der Waals surface area contributed by atoms with Crippen LogP contribution >= 0.6 is 0 Å². The Balaban J connectivity index is 1.37. The number of aromatic nitrogens is 2. The lowest BCUT2D eigenvalue weighted by Crippen LogP contribution is -2.43. The van der Waals surface area contributed by atoms with E-state index in [0.717, 1.165) is 18.2 Å². The molecule has 3 aromatic rings. The number of carbonyl (C=O) groups is 1. The van der Waals surface area contributed by atoms with Gasteiger partial charge in [-0.1, -0.05) is 11.2 Å². The number of anilines is 1. The third-order valence-corrected chi connectivity index (χ3v) is 6.17. The maximum atomic E-state index is 13.5. The number of carbonyl (C=O) groups excluding carboxylic acids is 1. The number of amides is 1. The topological polar surface area (TPSA) is 71.3 Å². The van der Waals surface area contributed by atoms with Gasteiger partial charge in [-0.25, -0.2) is 4.39 Å². The SMILES string of the molecule is CC1CC(C(=O)Nc2cccc(C(F)(F)F)c2)CCN1Cc1noc(-c2ccc(F)c(C(F)(F)F)c2)n1. The summed E-state index contributed by atoms with van der Waals surface area (Å²) in [5.74, 6) is -2.22. The Morgan fingerprint density at radius 2 is 1.86 bits per heavy atom. The van der Waals surface area contributed by atoms with E-state index in [-0.39, 0.29) is 41.5 Å². The molecular formula is C24H21F7N4O2. The molecule has 2 heterocycles. The average molecular weight is 530 g/mol. The fourth-order valence-electron chi connectivity index (χ4n) is 4.20. The molecule has 4 rings (SSSR count). The normalized spacial score (nSPS) is 19.1. The number of nitrogens with one attached hydrogen (secondary N) is 1. The molecule has 1 aliphatic rings. The van der Waals surface area contributed by atoms with Crippen molar-refractivity contribution < 1.29 is 40.1 Å². The van der Waals surface area contributed by atoms with Crippen LogP contribution in [0.25, 0.3) is 11.5 Å². The van der Waals surface area contributed by atoms with Gasteiger partial charge in [-0.15, -0.1) is 0 Å². The largest absolute Gasteiger partial charge is 0.419 e. The van der Waals surface area contributed by atoms with Crippen LogP contribution in [0.5, 0.6) is 0 Å². The van der Waals surface area contributed by atoms with E-state index >= 15 is 0 Å². The van der Waals surface area contributed by atoms with Crippen LogP contribution in [0.1, 0.15) is 36.7 Å². The lowest BCUT2D eigenvalue weighted by Gasteiger charge is -2.36. The molecule has 1 saturated heterocycles. The number of piperidine rings is 1. The van der Waals surface area contributed by atoms with Crippen molar-refractivity contribution >= 4 is 11.6 Å². The lowest BCUT2D eigenvalue weighted by molar-refractivity contribution is -0.140. The summed E-state index contributed by atoms with van der Waals surface area (Å²) in [6.45, 7) is 2.50. The van der Waals surface area contributed by atoms with Gasteiger partial charge in [0.05, 0.1) is 17.7 Å². The molecule has 1 aliphatic heterocycles. The minimum absolute atomic E-state index is 0.0590. The van der Waals surface area contributed by atoms with Gasteiger partial charge in [0.15, 0.2) is 5.82 Å². The summed E-state index contributed by atoms with van der Waals surface area (Å²) in [6.07, 6.45) is -8.56. The van der Waals surface area contributed by atoms with Gasteiger partial charge in [0, 0.05) is 23.2 Å². The molecule has 0 saturated carbocycles. The number of rotatable bonds is 5. The quantitative estimate of drug-likeness (QED) is 0.401. The Morgan fingerprint density at radius 3 is 2.54 bits per heavy atom. The van der Waals surface area contributed by atoms with Gasteiger partial charge < -0.3 is 9.84 Å². The van der Waals surface area contributed by atoms with Gasteiger partial charge in [0.1, 0.15) is 5.82 Å². The van der Waals surface area contributed by atoms with Crippen molar-refractivity contribution in [2.75, 3.05) is 11.9 Å². The summed E-state index contributed by atoms with van der Waals surface area (Å²) in [5.41, 5.74) is -2.32. The van der Waals surface area contributed by atoms with E-state index in [4.69, 9.17) is 4.52 Å². The summed E-state index contributed by atoms with van der Waals surface area (Å²) in [5, 5.41) is 6.35. The Labute approximate surface area is 206 Å². The monoisotopic (exact) mass is 530 g/mol. The molecule has 2 aromatic carbocycles. The van der Waals surface area contributed by atoms with Crippen molar-refractivity contribution in [3.8, 4) is 11.5 Å². The van der Waals surface area contributed by atoms with Gasteiger partial charge in [0.2, 0.25) is 5.91 Å². The van der Waals surface area contributed by atoms with Crippen LogP contribution < -0.4 is 5.32 Å². The average Bonchev–Trinajstić information content (AvgIpc) is 3.28. The molecule has 13 heteroatoms. The lowest BCUT2D eigenvalue weighted by atomic mass is 9.90. The van der Waals surface area contributed by atoms with Crippen molar-refractivity contribution in [2.24, 2.45) is 5.92 Å². The molecule has 198 valence electrons. The van der Waals surface area contributed by atoms with E-state index in [0.29, 0.717) is 31.5 Å². The van der Waals surface area contributed by atoms with Crippen LogP contribution in [-0.2, 0) is 23.7 Å². The number of halogens is 7. The van der Waals surface area contributed by atoms with E-state index in [1.165, 1.54) is 12.1 Å². The van der Waals surface area contributed by atoms with Crippen molar-refractivity contribution in [3.63, 3.8) is 0 Å². The molecule has 1 N–H and O–H groups in total. The third-order valence-electron chi connectivity index (χ3n) is 6.17. The molecule has 1 amide bonds. The van der Waals surface area contributed by atoms with Crippen LogP contribution in [-0.4, -0.2) is 33.5 Å². The Kier molecular flexibility index (Phi) is 7.27. The molecule has 0 aliphatic carbocycles. The zero-order valence-corrected chi connectivity index (χ0v) is 19.3. The summed E-state index contributed by atoms with van der Waals surface area (Å²) >= 11 is 0. The maximum absolute atomic E-state index is 13.5. The third kappa shape index (κ3) is 6.27. The van der Waals surface area contributed by atoms with Crippen LogP contribution in [0.2, 0.25) is 0 Å². The van der Waals surface area contributed by atoms with Gasteiger partial charge in [0.25, 0.3) is 5.89 Å². The van der Waals surface area contributed by atoms with Gasteiger partial charge in [-0.2, -0.15) is 31.3 Å². The van der Waals surface area contributed by atoms with E-state index < -0.39 is 35.2 Å². The van der Waals surface area contributed by atoms with Crippen molar-refractivity contribution in [1.29, 1.82) is 0 Å². The molecule has 1 aromatic heterocycles. The number of hydrogen-bond acceptors (Lipinski definition) is 5. The molecule has 0 bridgehead atoms. The van der Waals surface area contributed by atoms with E-state index in [1.54, 1.807) is 0 Å². The summed E-state index contributed by atoms with van der Waals surface area (Å²) in [6, 6.07) is 6.67. The molecule has 0 radical (unpaired) electrons. The van der Waals surface area contributed by atoms with Crippen molar-refractivity contribution in [1.82, 2.24) is 15.0 Å². The first-order valence-corrected chi connectivity index (χ1v) is 11.2. The number of benzene rings is 2. The minimum atomic E-state index is -4.88. The second-order valence-electron chi connectivity index (χ2n) is 8.82. The van der Waals surface area contributed by atoms with Crippen LogP contribution in [0, 0.1) is 11.7 Å². The number of hydrogen-bond donors (Lipinski definition) is 1. The fraction of sp³-hybridized carbons (Fsp3) is 0.375. The molecule has 2 unspecified atom stereocenters. The van der Waals surface area contributed by atoms with Crippen LogP contribution in [0.3, 0.4) is 0 Å². The first-order chi connectivity index (χ1) is 17.3. The Bertz CT molecular complexity index is 1270. The zero-order chi connectivity index (χ0) is 27.0. The highest BCUT2D eigenvalue weighted by Gasteiger charge is 2.35. The number of nitrogens with zero attached hydrogens (tertiary/aromatic N) is 3. The highest BCUT2D eigenvalue weighted by Crippen LogP contribution is 2.34. The molecule has 0 spiro atoms. The first kappa shape index (κ1) is 26.6. The van der Waals surface area contributed by atoms with Gasteiger partial charge >= 0.3 is 12.4 Å². The molecule has 1 fully saturated rings. The number of alkyl halides is 6. The fourth-order valence-corrected chi connectivity index (χ4v) is 4.20. The molecule has 2 atom stereocenters. The molecule has 37 heavy (non-hydrogen) atoms. The predicted octanol–water partition coefficient (Wildman–Crippen LogP) is 6.15. The van der Waals surface area contributed by atoms with Gasteiger partial charge in [-0.05, 0) is 62.7 Å². The van der Waals surface area contributed by atoms with Gasteiger partial charge in [-0.3, -0.25) is 9.69 Å². The second kappa shape index (κ2) is 10.1. The minimum Gasteiger partial charge on any atom is -0.334 e. The van der Waals surface area contributed by atoms with Crippen LogP contribution in [0.4, 0.5) is 36.4 Å². The zero-order valence-electron chi connectivity index (χ0n) is 19.3. The standard InChI is InChI=1S/C24H21F7N4O2/c1-13-9-14(21(36)32-17-4-2-3-16(11-17)23(26,27)28)7-8-35(13)12-20-33-22(37-34-20)15-5-6-19(25)18(10-15)24(29,30)31/h2-6,10-11,13-14H,7-9,12H2,1H3,(H,32,36). The summed E-state index contributed by atoms with van der Waals surface area (Å²) < 4.78 is 96.3. The highest BCUT2D eigenvalue weighted by molar-refractivity contribution is 5.92. The second-order valence-corrected chi connectivity index (χ2v) is 8.82. The Morgan fingerprint density at radius 1 is 1.11 bits per heavy atom. The van der Waals surface area contributed by atoms with E-state index in [2.05, 4.69) is 15.5 Å².